The number of amides is 3. The smallest absolute Gasteiger partial charge is 0.326 e. The molecular weight excluding hydrogens is 378 g/mol. The number of benzene rings is 2. The van der Waals surface area contributed by atoms with Crippen LogP contribution in [0.5, 0.6) is 11.5 Å². The predicted octanol–water partition coefficient (Wildman–Crippen LogP) is 0.945. The Bertz CT molecular complexity index is 1240. The summed E-state index contributed by atoms with van der Waals surface area (Å²) in [5.41, 5.74) is -0.769. The van der Waals surface area contributed by atoms with Crippen molar-refractivity contribution < 1.29 is 19.1 Å². The number of fused-ring (bicyclic) bond motifs is 2. The van der Waals surface area contributed by atoms with Crippen LogP contribution in [0.25, 0.3) is 10.9 Å². The third kappa shape index (κ3) is 2.53. The molecule has 0 unspecified atom stereocenters. The molecule has 1 saturated heterocycles. The second-order valence-corrected chi connectivity index (χ2v) is 6.91. The topological polar surface area (TPSA) is 116 Å². The van der Waals surface area contributed by atoms with Crippen LogP contribution >= 0.6 is 0 Å². The summed E-state index contributed by atoms with van der Waals surface area (Å²) >= 11 is 0. The standard InChI is InChI=1S/C19H15N5O5/c1-19(11-6-7-14-15(8-11)29-10-28-14)17(26)23(18(27)20-19)9-24-16(25)12-4-2-3-5-13(12)21-22-24/h2-8H,9-10H2,1H3,(H,20,27)/t19-/m0/s1. The van der Waals surface area contributed by atoms with Crippen LogP contribution in [-0.2, 0) is 17.0 Å². The molecule has 1 fully saturated rings. The summed E-state index contributed by atoms with van der Waals surface area (Å²) in [6.07, 6.45) is 0. The van der Waals surface area contributed by atoms with Gasteiger partial charge in [0, 0.05) is 0 Å². The molecular formula is C19H15N5O5. The number of nitrogens with one attached hydrogen (secondary N) is 1. The Labute approximate surface area is 163 Å². The molecule has 1 N–H and O–H groups in total. The summed E-state index contributed by atoms with van der Waals surface area (Å²) in [7, 11) is 0. The molecule has 10 heteroatoms. The van der Waals surface area contributed by atoms with E-state index in [1.54, 1.807) is 49.4 Å². The van der Waals surface area contributed by atoms with Crippen LogP contribution in [0.2, 0.25) is 0 Å². The van der Waals surface area contributed by atoms with E-state index in [4.69, 9.17) is 9.47 Å². The minimum atomic E-state index is -1.31. The van der Waals surface area contributed by atoms with Gasteiger partial charge in [-0.3, -0.25) is 9.59 Å². The zero-order valence-corrected chi connectivity index (χ0v) is 15.3. The van der Waals surface area contributed by atoms with E-state index in [1.165, 1.54) is 0 Å². The molecule has 3 aromatic rings. The van der Waals surface area contributed by atoms with Gasteiger partial charge in [0.25, 0.3) is 11.5 Å². The molecule has 0 bridgehead atoms. The van der Waals surface area contributed by atoms with Crippen LogP contribution in [0, 0.1) is 0 Å². The zero-order chi connectivity index (χ0) is 20.2. The third-order valence-electron chi connectivity index (χ3n) is 5.13. The van der Waals surface area contributed by atoms with Gasteiger partial charge in [0.15, 0.2) is 11.5 Å². The van der Waals surface area contributed by atoms with Gasteiger partial charge < -0.3 is 14.8 Å². The van der Waals surface area contributed by atoms with Gasteiger partial charge in [-0.2, -0.15) is 4.68 Å². The number of nitrogens with zero attached hydrogens (tertiary/aromatic N) is 4. The zero-order valence-electron chi connectivity index (χ0n) is 15.3. The molecule has 0 radical (unpaired) electrons. The van der Waals surface area contributed by atoms with Crippen molar-refractivity contribution in [3.8, 4) is 11.5 Å². The predicted molar refractivity (Wildman–Crippen MR) is 99.1 cm³/mol. The van der Waals surface area contributed by atoms with Crippen molar-refractivity contribution in [1.82, 2.24) is 25.2 Å². The maximum absolute atomic E-state index is 13.1. The Morgan fingerprint density at radius 2 is 1.90 bits per heavy atom. The Kier molecular flexibility index (Phi) is 3.57. The van der Waals surface area contributed by atoms with Crippen molar-refractivity contribution in [3.63, 3.8) is 0 Å². The van der Waals surface area contributed by atoms with Crippen molar-refractivity contribution in [2.24, 2.45) is 0 Å². The van der Waals surface area contributed by atoms with Gasteiger partial charge in [-0.1, -0.05) is 23.4 Å². The first-order valence-electron chi connectivity index (χ1n) is 8.84. The van der Waals surface area contributed by atoms with Crippen LogP contribution in [0.4, 0.5) is 4.79 Å². The number of ether oxygens (including phenoxy) is 2. The van der Waals surface area contributed by atoms with E-state index in [-0.39, 0.29) is 13.5 Å². The number of hydrogen-bond donors (Lipinski definition) is 1. The summed E-state index contributed by atoms with van der Waals surface area (Å²) in [6.45, 7) is 1.35. The molecule has 2 aliphatic heterocycles. The SMILES string of the molecule is C[C@@]1(c2ccc3c(c2)OCO3)NC(=O)N(Cn2nnc3ccccc3c2=O)C1=O. The molecule has 3 heterocycles. The Balaban J connectivity index is 1.48. The van der Waals surface area contributed by atoms with Crippen molar-refractivity contribution in [2.45, 2.75) is 19.1 Å². The fraction of sp³-hybridized carbons (Fsp3) is 0.211. The van der Waals surface area contributed by atoms with Crippen molar-refractivity contribution >= 4 is 22.8 Å². The first kappa shape index (κ1) is 17.2. The maximum Gasteiger partial charge on any atom is 0.326 e. The van der Waals surface area contributed by atoms with E-state index in [0.717, 1.165) is 9.58 Å². The Hall–Kier alpha value is -3.95. The van der Waals surface area contributed by atoms with E-state index in [1.807, 2.05) is 0 Å². The van der Waals surface area contributed by atoms with Crippen LogP contribution in [0.1, 0.15) is 12.5 Å². The minimum absolute atomic E-state index is 0.103. The number of rotatable bonds is 3. The van der Waals surface area contributed by atoms with Crippen LogP contribution < -0.4 is 20.3 Å². The lowest BCUT2D eigenvalue weighted by Gasteiger charge is -2.22. The van der Waals surface area contributed by atoms with E-state index in [2.05, 4.69) is 15.6 Å². The Morgan fingerprint density at radius 1 is 1.10 bits per heavy atom. The van der Waals surface area contributed by atoms with Gasteiger partial charge >= 0.3 is 6.03 Å². The van der Waals surface area contributed by atoms with Crippen molar-refractivity contribution in [3.05, 3.63) is 58.4 Å². The molecule has 29 heavy (non-hydrogen) atoms. The molecule has 10 nitrogen and oxygen atoms in total. The average Bonchev–Trinajstić information content (AvgIpc) is 3.28. The highest BCUT2D eigenvalue weighted by atomic mass is 16.7. The van der Waals surface area contributed by atoms with E-state index >= 15 is 0 Å². The molecule has 0 spiro atoms. The second-order valence-electron chi connectivity index (χ2n) is 6.91. The van der Waals surface area contributed by atoms with Gasteiger partial charge in [-0.25, -0.2) is 9.69 Å². The van der Waals surface area contributed by atoms with Crippen LogP contribution in [-0.4, -0.2) is 38.6 Å². The van der Waals surface area contributed by atoms with Gasteiger partial charge in [0.05, 0.1) is 5.39 Å². The second kappa shape index (κ2) is 6.03. The third-order valence-corrected chi connectivity index (χ3v) is 5.13. The quantitative estimate of drug-likeness (QED) is 0.659. The highest BCUT2D eigenvalue weighted by Crippen LogP contribution is 2.37. The Morgan fingerprint density at radius 3 is 2.76 bits per heavy atom. The summed E-state index contributed by atoms with van der Waals surface area (Å²) in [6, 6.07) is 11.1. The lowest BCUT2D eigenvalue weighted by atomic mass is 9.92. The number of imide groups is 1. The molecule has 2 aromatic carbocycles. The summed E-state index contributed by atoms with van der Waals surface area (Å²) in [5.74, 6) is 0.563. The molecule has 2 aliphatic rings. The highest BCUT2D eigenvalue weighted by Gasteiger charge is 2.49. The number of urea groups is 1. The summed E-state index contributed by atoms with van der Waals surface area (Å²) in [4.78, 5) is 39.3. The van der Waals surface area contributed by atoms with Gasteiger partial charge in [0.2, 0.25) is 6.79 Å². The number of hydrogen-bond acceptors (Lipinski definition) is 7. The molecule has 1 aromatic heterocycles. The molecule has 5 rings (SSSR count). The van der Waals surface area contributed by atoms with Crippen LogP contribution in [0.3, 0.4) is 0 Å². The van der Waals surface area contributed by atoms with E-state index < -0.39 is 23.0 Å². The molecule has 146 valence electrons. The van der Waals surface area contributed by atoms with Crippen LogP contribution in [0.15, 0.2) is 47.3 Å². The molecule has 0 saturated carbocycles. The summed E-state index contributed by atoms with van der Waals surface area (Å²) in [5, 5.41) is 10.9. The van der Waals surface area contributed by atoms with Crippen molar-refractivity contribution in [1.29, 1.82) is 0 Å². The normalized spacial score (nSPS) is 20.4. The molecule has 0 aliphatic carbocycles. The molecule has 3 amide bonds. The van der Waals surface area contributed by atoms with Gasteiger partial charge in [-0.15, -0.1) is 5.10 Å². The largest absolute Gasteiger partial charge is 0.454 e. The van der Waals surface area contributed by atoms with E-state index in [9.17, 15) is 14.4 Å². The minimum Gasteiger partial charge on any atom is -0.454 e. The monoisotopic (exact) mass is 393 g/mol. The summed E-state index contributed by atoms with van der Waals surface area (Å²) < 4.78 is 11.6. The maximum atomic E-state index is 13.1. The molecule has 1 atom stereocenters. The lowest BCUT2D eigenvalue weighted by molar-refractivity contribution is -0.132. The van der Waals surface area contributed by atoms with Crippen molar-refractivity contribution in [2.75, 3.05) is 6.79 Å². The van der Waals surface area contributed by atoms with Gasteiger partial charge in [-0.05, 0) is 36.8 Å². The first-order valence-corrected chi connectivity index (χ1v) is 8.84. The average molecular weight is 393 g/mol. The number of carbonyl (C=O) groups is 2. The fourth-order valence-corrected chi connectivity index (χ4v) is 3.48. The first-order chi connectivity index (χ1) is 14.0. The lowest BCUT2D eigenvalue weighted by Crippen LogP contribution is -2.42. The van der Waals surface area contributed by atoms with Gasteiger partial charge in [0.1, 0.15) is 17.7 Å². The number of carbonyl (C=O) groups excluding carboxylic acids is 2. The number of aromatic nitrogens is 3. The van der Waals surface area contributed by atoms with E-state index in [0.29, 0.717) is 28.0 Å². The fourth-order valence-electron chi connectivity index (χ4n) is 3.48. The highest BCUT2D eigenvalue weighted by molar-refractivity contribution is 6.07.